The van der Waals surface area contributed by atoms with E-state index in [-0.39, 0.29) is 0 Å². The molecule has 0 aliphatic heterocycles. The van der Waals surface area contributed by atoms with Gasteiger partial charge in [-0.3, -0.25) is 4.98 Å². The molecule has 2 rings (SSSR count). The van der Waals surface area contributed by atoms with Crippen LogP contribution in [0.1, 0.15) is 51.6 Å². The largest absolute Gasteiger partial charge is 0.473 e. The number of ether oxygens (including phenoxy) is 1. The van der Waals surface area contributed by atoms with Gasteiger partial charge in [0.05, 0.1) is 18.1 Å². The second kappa shape index (κ2) is 7.43. The van der Waals surface area contributed by atoms with Crippen molar-refractivity contribution < 1.29 is 4.74 Å². The third-order valence-electron chi connectivity index (χ3n) is 3.59. The minimum Gasteiger partial charge on any atom is -0.473 e. The lowest BCUT2D eigenvalue weighted by atomic mass is 9.89. The van der Waals surface area contributed by atoms with E-state index in [0.717, 1.165) is 44.0 Å². The molecule has 1 aromatic rings. The van der Waals surface area contributed by atoms with Gasteiger partial charge in [-0.25, -0.2) is 4.98 Å². The molecule has 106 valence electrons. The standard InChI is InChI=1S/C15H25N3O/c1-3-7-16-9-13-10-18-15(11-17-13)19-14-6-4-5-12(2)8-14/h10-12,14,16H,3-9H2,1-2H3. The van der Waals surface area contributed by atoms with Gasteiger partial charge in [0.15, 0.2) is 0 Å². The Kier molecular flexibility index (Phi) is 5.58. The summed E-state index contributed by atoms with van der Waals surface area (Å²) in [4.78, 5) is 8.74. The highest BCUT2D eigenvalue weighted by Crippen LogP contribution is 2.26. The first-order chi connectivity index (χ1) is 9.28. The molecule has 4 heteroatoms. The highest BCUT2D eigenvalue weighted by Gasteiger charge is 2.20. The topological polar surface area (TPSA) is 47.0 Å². The summed E-state index contributed by atoms with van der Waals surface area (Å²) in [5.74, 6) is 1.43. The Labute approximate surface area is 116 Å². The molecule has 1 N–H and O–H groups in total. The van der Waals surface area contributed by atoms with Crippen LogP contribution < -0.4 is 10.1 Å². The van der Waals surface area contributed by atoms with E-state index in [4.69, 9.17) is 4.74 Å². The van der Waals surface area contributed by atoms with Gasteiger partial charge in [-0.15, -0.1) is 0 Å². The first-order valence-electron chi connectivity index (χ1n) is 7.46. The molecule has 4 nitrogen and oxygen atoms in total. The second-order valence-electron chi connectivity index (χ2n) is 5.53. The Morgan fingerprint density at radius 1 is 1.32 bits per heavy atom. The second-order valence-corrected chi connectivity index (χ2v) is 5.53. The van der Waals surface area contributed by atoms with Gasteiger partial charge in [-0.05, 0) is 38.1 Å². The van der Waals surface area contributed by atoms with Crippen molar-refractivity contribution in [3.05, 3.63) is 18.1 Å². The lowest BCUT2D eigenvalue weighted by molar-refractivity contribution is 0.123. The van der Waals surface area contributed by atoms with Crippen LogP contribution in [0.2, 0.25) is 0 Å². The lowest BCUT2D eigenvalue weighted by Gasteiger charge is -2.26. The number of hydrogen-bond acceptors (Lipinski definition) is 4. The lowest BCUT2D eigenvalue weighted by Crippen LogP contribution is -2.24. The molecular formula is C15H25N3O. The van der Waals surface area contributed by atoms with Gasteiger partial charge in [0.2, 0.25) is 5.88 Å². The third kappa shape index (κ3) is 4.78. The maximum Gasteiger partial charge on any atom is 0.232 e. The number of rotatable bonds is 6. The molecule has 0 radical (unpaired) electrons. The molecule has 0 bridgehead atoms. The molecule has 1 fully saturated rings. The van der Waals surface area contributed by atoms with E-state index in [1.54, 1.807) is 6.20 Å². The van der Waals surface area contributed by atoms with Gasteiger partial charge >= 0.3 is 0 Å². The van der Waals surface area contributed by atoms with Crippen LogP contribution in [0.25, 0.3) is 0 Å². The molecule has 1 aromatic heterocycles. The predicted molar refractivity (Wildman–Crippen MR) is 76.1 cm³/mol. The normalized spacial score (nSPS) is 23.3. The molecule has 1 aliphatic carbocycles. The summed E-state index contributed by atoms with van der Waals surface area (Å²) in [6.07, 6.45) is 9.89. The molecule has 0 saturated heterocycles. The SMILES string of the molecule is CCCNCc1cnc(OC2CCCC(C)C2)cn1. The van der Waals surface area contributed by atoms with Crippen LogP contribution in [0.5, 0.6) is 5.88 Å². The van der Waals surface area contributed by atoms with E-state index in [0.29, 0.717) is 12.0 Å². The molecule has 0 amide bonds. The zero-order valence-electron chi connectivity index (χ0n) is 12.1. The molecule has 2 unspecified atom stereocenters. The van der Waals surface area contributed by atoms with Gasteiger partial charge in [0.25, 0.3) is 0 Å². The average molecular weight is 263 g/mol. The summed E-state index contributed by atoms with van der Waals surface area (Å²) >= 11 is 0. The quantitative estimate of drug-likeness (QED) is 0.802. The molecule has 1 saturated carbocycles. The minimum absolute atomic E-state index is 0.321. The van der Waals surface area contributed by atoms with Crippen molar-refractivity contribution in [3.63, 3.8) is 0 Å². The van der Waals surface area contributed by atoms with Crippen molar-refractivity contribution in [2.75, 3.05) is 6.54 Å². The van der Waals surface area contributed by atoms with Crippen LogP contribution in [0.15, 0.2) is 12.4 Å². The van der Waals surface area contributed by atoms with E-state index in [1.165, 1.54) is 12.8 Å². The van der Waals surface area contributed by atoms with Gasteiger partial charge in [0, 0.05) is 6.54 Å². The van der Waals surface area contributed by atoms with Crippen LogP contribution >= 0.6 is 0 Å². The van der Waals surface area contributed by atoms with Crippen LogP contribution in [-0.2, 0) is 6.54 Å². The fourth-order valence-corrected chi connectivity index (χ4v) is 2.54. The van der Waals surface area contributed by atoms with E-state index in [9.17, 15) is 0 Å². The minimum atomic E-state index is 0.321. The van der Waals surface area contributed by atoms with E-state index < -0.39 is 0 Å². The highest BCUT2D eigenvalue weighted by atomic mass is 16.5. The van der Waals surface area contributed by atoms with Crippen molar-refractivity contribution in [1.29, 1.82) is 0 Å². The zero-order chi connectivity index (χ0) is 13.5. The van der Waals surface area contributed by atoms with Crippen molar-refractivity contribution in [2.45, 2.75) is 58.6 Å². The Morgan fingerprint density at radius 2 is 2.21 bits per heavy atom. The Bertz CT molecular complexity index is 366. The van der Waals surface area contributed by atoms with Gasteiger partial charge in [0.1, 0.15) is 6.10 Å². The maximum atomic E-state index is 5.91. The summed E-state index contributed by atoms with van der Waals surface area (Å²) in [6, 6.07) is 0. The smallest absolute Gasteiger partial charge is 0.232 e. The maximum absolute atomic E-state index is 5.91. The van der Waals surface area contributed by atoms with Gasteiger partial charge in [-0.2, -0.15) is 0 Å². The Morgan fingerprint density at radius 3 is 2.89 bits per heavy atom. The average Bonchev–Trinajstić information content (AvgIpc) is 2.41. The monoisotopic (exact) mass is 263 g/mol. The molecule has 0 spiro atoms. The van der Waals surface area contributed by atoms with Crippen LogP contribution in [0.4, 0.5) is 0 Å². The molecule has 1 heterocycles. The van der Waals surface area contributed by atoms with Crippen molar-refractivity contribution in [3.8, 4) is 5.88 Å². The molecule has 2 atom stereocenters. The molecule has 1 aliphatic rings. The third-order valence-corrected chi connectivity index (χ3v) is 3.59. The Hall–Kier alpha value is -1.16. The fourth-order valence-electron chi connectivity index (χ4n) is 2.54. The van der Waals surface area contributed by atoms with Crippen LogP contribution in [0, 0.1) is 5.92 Å². The molecular weight excluding hydrogens is 238 g/mol. The fraction of sp³-hybridized carbons (Fsp3) is 0.733. The highest BCUT2D eigenvalue weighted by molar-refractivity contribution is 5.07. The van der Waals surface area contributed by atoms with E-state index >= 15 is 0 Å². The van der Waals surface area contributed by atoms with Crippen LogP contribution in [0.3, 0.4) is 0 Å². The Balaban J connectivity index is 1.81. The predicted octanol–water partition coefficient (Wildman–Crippen LogP) is 2.93. The summed E-state index contributed by atoms with van der Waals surface area (Å²) in [5, 5.41) is 3.31. The van der Waals surface area contributed by atoms with Crippen molar-refractivity contribution in [1.82, 2.24) is 15.3 Å². The van der Waals surface area contributed by atoms with Crippen molar-refractivity contribution in [2.24, 2.45) is 5.92 Å². The van der Waals surface area contributed by atoms with Gasteiger partial charge < -0.3 is 10.1 Å². The first-order valence-corrected chi connectivity index (χ1v) is 7.46. The van der Waals surface area contributed by atoms with Gasteiger partial charge in [-0.1, -0.05) is 20.3 Å². The summed E-state index contributed by atoms with van der Waals surface area (Å²) < 4.78 is 5.91. The van der Waals surface area contributed by atoms with Crippen molar-refractivity contribution >= 4 is 0 Å². The first kappa shape index (κ1) is 14.3. The zero-order valence-corrected chi connectivity index (χ0v) is 12.1. The number of hydrogen-bond donors (Lipinski definition) is 1. The number of nitrogens with zero attached hydrogens (tertiary/aromatic N) is 2. The number of aromatic nitrogens is 2. The summed E-state index contributed by atoms with van der Waals surface area (Å²) in [5.41, 5.74) is 0.970. The van der Waals surface area contributed by atoms with Crippen LogP contribution in [-0.4, -0.2) is 22.6 Å². The number of nitrogens with one attached hydrogen (secondary N) is 1. The molecule has 19 heavy (non-hydrogen) atoms. The molecule has 0 aromatic carbocycles. The van der Waals surface area contributed by atoms with E-state index in [1.807, 2.05) is 6.20 Å². The summed E-state index contributed by atoms with van der Waals surface area (Å²) in [6.45, 7) is 6.24. The van der Waals surface area contributed by atoms with E-state index in [2.05, 4.69) is 29.1 Å². The summed E-state index contributed by atoms with van der Waals surface area (Å²) in [7, 11) is 0.